The van der Waals surface area contributed by atoms with Crippen LogP contribution >= 0.6 is 0 Å². The molecule has 0 aromatic carbocycles. The number of hydrogen-bond acceptors (Lipinski definition) is 3. The molecular weight excluding hydrogens is 430 g/mol. The Hall–Kier alpha value is -0.130. The lowest BCUT2D eigenvalue weighted by Gasteiger charge is -2.13. The largest absolute Gasteiger partial charge is 0.323 e. The summed E-state index contributed by atoms with van der Waals surface area (Å²) in [5.41, 5.74) is 0. The van der Waals surface area contributed by atoms with E-state index in [0.29, 0.717) is 12.8 Å². The maximum Gasteiger partial charge on any atom is 0.267 e. The van der Waals surface area contributed by atoms with Gasteiger partial charge in [-0.15, -0.1) is 0 Å². The Bertz CT molecular complexity index is 454. The zero-order valence-electron chi connectivity index (χ0n) is 23.0. The standard InChI is InChI=1S/C26H54O3S.C2H7N/c1-3-5-7-9-11-12-13-14-15-16-17-19-21-23-25-26(30(27,28)29)24-22-20-18-10-8-6-4-2;1-3-2/h26H,3-25H2,1-2H3,(H,27,28,29);3H,1-2H3. The van der Waals surface area contributed by atoms with E-state index in [2.05, 4.69) is 19.2 Å². The van der Waals surface area contributed by atoms with Crippen molar-refractivity contribution in [2.45, 2.75) is 167 Å². The van der Waals surface area contributed by atoms with Gasteiger partial charge >= 0.3 is 0 Å². The van der Waals surface area contributed by atoms with Gasteiger partial charge in [0.2, 0.25) is 0 Å². The van der Waals surface area contributed by atoms with Crippen LogP contribution in [-0.2, 0) is 10.1 Å². The minimum Gasteiger partial charge on any atom is -0.323 e. The summed E-state index contributed by atoms with van der Waals surface area (Å²) < 4.78 is 32.8. The predicted octanol–water partition coefficient (Wildman–Crippen LogP) is 9.09. The Morgan fingerprint density at radius 3 is 0.939 bits per heavy atom. The van der Waals surface area contributed by atoms with E-state index < -0.39 is 15.4 Å². The molecule has 0 heterocycles. The highest BCUT2D eigenvalue weighted by Gasteiger charge is 2.21. The first kappa shape index (κ1) is 35.0. The Morgan fingerprint density at radius 2 is 0.727 bits per heavy atom. The molecule has 33 heavy (non-hydrogen) atoms. The Kier molecular flexibility index (Phi) is 29.8. The van der Waals surface area contributed by atoms with E-state index >= 15 is 0 Å². The van der Waals surface area contributed by atoms with Gasteiger partial charge < -0.3 is 5.32 Å². The smallest absolute Gasteiger partial charge is 0.267 e. The maximum absolute atomic E-state index is 11.7. The summed E-state index contributed by atoms with van der Waals surface area (Å²) in [7, 11) is -0.134. The van der Waals surface area contributed by atoms with Crippen LogP contribution in [0.5, 0.6) is 0 Å². The van der Waals surface area contributed by atoms with Crippen LogP contribution in [-0.4, -0.2) is 32.3 Å². The first-order valence-corrected chi connectivity index (χ1v) is 16.0. The zero-order valence-corrected chi connectivity index (χ0v) is 23.8. The van der Waals surface area contributed by atoms with Crippen molar-refractivity contribution in [1.82, 2.24) is 5.32 Å². The molecule has 0 aliphatic heterocycles. The van der Waals surface area contributed by atoms with Gasteiger partial charge in [0.25, 0.3) is 10.1 Å². The molecule has 0 aliphatic carbocycles. The van der Waals surface area contributed by atoms with Gasteiger partial charge in [-0.2, -0.15) is 8.42 Å². The molecule has 0 amide bonds. The first-order valence-electron chi connectivity index (χ1n) is 14.5. The molecule has 4 nitrogen and oxygen atoms in total. The fourth-order valence-electron chi connectivity index (χ4n) is 4.34. The van der Waals surface area contributed by atoms with Crippen LogP contribution in [0.1, 0.15) is 162 Å². The number of rotatable bonds is 24. The second-order valence-electron chi connectivity index (χ2n) is 9.93. The van der Waals surface area contributed by atoms with Crippen molar-refractivity contribution in [2.75, 3.05) is 14.1 Å². The highest BCUT2D eigenvalue weighted by molar-refractivity contribution is 7.86. The lowest BCUT2D eigenvalue weighted by Crippen LogP contribution is -2.20. The summed E-state index contributed by atoms with van der Waals surface area (Å²) in [6.07, 6.45) is 27.8. The van der Waals surface area contributed by atoms with Crippen molar-refractivity contribution in [3.63, 3.8) is 0 Å². The van der Waals surface area contributed by atoms with Gasteiger partial charge in [-0.05, 0) is 26.9 Å². The zero-order chi connectivity index (χ0) is 25.0. The Balaban J connectivity index is 0. The molecule has 202 valence electrons. The minimum absolute atomic E-state index is 0.537. The fourth-order valence-corrected chi connectivity index (χ4v) is 5.27. The first-order chi connectivity index (χ1) is 15.9. The maximum atomic E-state index is 11.7. The van der Waals surface area contributed by atoms with Gasteiger partial charge in [0, 0.05) is 0 Å². The van der Waals surface area contributed by atoms with Crippen molar-refractivity contribution < 1.29 is 13.0 Å². The van der Waals surface area contributed by atoms with Crippen molar-refractivity contribution in [3.8, 4) is 0 Å². The molecule has 0 aromatic heterocycles. The second kappa shape index (κ2) is 28.1. The van der Waals surface area contributed by atoms with Gasteiger partial charge in [0.15, 0.2) is 0 Å². The molecule has 1 unspecified atom stereocenters. The van der Waals surface area contributed by atoms with Gasteiger partial charge in [-0.1, -0.05) is 149 Å². The average molecular weight is 492 g/mol. The van der Waals surface area contributed by atoms with Crippen molar-refractivity contribution in [3.05, 3.63) is 0 Å². The van der Waals surface area contributed by atoms with Crippen LogP contribution < -0.4 is 5.32 Å². The van der Waals surface area contributed by atoms with Crippen LogP contribution in [0, 0.1) is 0 Å². The molecule has 0 aliphatic rings. The molecule has 0 saturated heterocycles. The van der Waals surface area contributed by atoms with Crippen LogP contribution in [0.4, 0.5) is 0 Å². The Morgan fingerprint density at radius 1 is 0.515 bits per heavy atom. The van der Waals surface area contributed by atoms with Crippen molar-refractivity contribution in [1.29, 1.82) is 0 Å². The highest BCUT2D eigenvalue weighted by atomic mass is 32.2. The minimum atomic E-state index is -3.88. The molecular formula is C28H61NO3S. The SMILES string of the molecule is CCCCCCCCCCCCCCCCC(CCCCCCCCC)S(=O)(=O)O.CNC. The third-order valence-electron chi connectivity index (χ3n) is 6.43. The average Bonchev–Trinajstić information content (AvgIpc) is 2.77. The third-order valence-corrected chi connectivity index (χ3v) is 7.74. The molecule has 0 radical (unpaired) electrons. The summed E-state index contributed by atoms with van der Waals surface area (Å²) in [5.74, 6) is 0. The molecule has 5 heteroatoms. The van der Waals surface area contributed by atoms with Gasteiger partial charge in [0.05, 0.1) is 5.25 Å². The van der Waals surface area contributed by atoms with E-state index in [9.17, 15) is 13.0 Å². The third kappa shape index (κ3) is 29.8. The molecule has 0 saturated carbocycles. The monoisotopic (exact) mass is 491 g/mol. The lowest BCUT2D eigenvalue weighted by molar-refractivity contribution is 0.442. The predicted molar refractivity (Wildman–Crippen MR) is 148 cm³/mol. The molecule has 2 N–H and O–H groups in total. The van der Waals surface area contributed by atoms with E-state index in [1.165, 1.54) is 109 Å². The number of unbranched alkanes of at least 4 members (excludes halogenated alkanes) is 19. The molecule has 0 spiro atoms. The van der Waals surface area contributed by atoms with E-state index in [1.54, 1.807) is 0 Å². The summed E-state index contributed by atoms with van der Waals surface area (Å²) >= 11 is 0. The Labute approximate surface area is 209 Å². The highest BCUT2D eigenvalue weighted by Crippen LogP contribution is 2.19. The molecule has 0 fully saturated rings. The molecule has 0 bridgehead atoms. The van der Waals surface area contributed by atoms with E-state index in [-0.39, 0.29) is 0 Å². The van der Waals surface area contributed by atoms with Crippen LogP contribution in [0.15, 0.2) is 0 Å². The van der Waals surface area contributed by atoms with Gasteiger partial charge in [0.1, 0.15) is 0 Å². The van der Waals surface area contributed by atoms with Crippen LogP contribution in [0.2, 0.25) is 0 Å². The van der Waals surface area contributed by atoms with Crippen LogP contribution in [0.3, 0.4) is 0 Å². The van der Waals surface area contributed by atoms with Gasteiger partial charge in [-0.3, -0.25) is 4.55 Å². The lowest BCUT2D eigenvalue weighted by atomic mass is 10.0. The van der Waals surface area contributed by atoms with Gasteiger partial charge in [-0.25, -0.2) is 0 Å². The molecule has 0 aromatic rings. The quantitative estimate of drug-likeness (QED) is 0.104. The van der Waals surface area contributed by atoms with E-state index in [0.717, 1.165) is 25.7 Å². The summed E-state index contributed by atoms with van der Waals surface area (Å²) in [6.45, 7) is 4.48. The molecule has 1 atom stereocenters. The normalized spacial score (nSPS) is 12.4. The number of nitrogens with one attached hydrogen (secondary N) is 1. The van der Waals surface area contributed by atoms with E-state index in [1.807, 2.05) is 14.1 Å². The summed E-state index contributed by atoms with van der Waals surface area (Å²) in [5, 5.41) is 2.21. The summed E-state index contributed by atoms with van der Waals surface area (Å²) in [4.78, 5) is 0. The van der Waals surface area contributed by atoms with Crippen molar-refractivity contribution >= 4 is 10.1 Å². The fraction of sp³-hybridized carbons (Fsp3) is 1.00. The number of hydrogen-bond donors (Lipinski definition) is 2. The molecule has 0 rings (SSSR count). The second-order valence-corrected chi connectivity index (χ2v) is 11.6. The van der Waals surface area contributed by atoms with Crippen LogP contribution in [0.25, 0.3) is 0 Å². The van der Waals surface area contributed by atoms with E-state index in [4.69, 9.17) is 0 Å². The summed E-state index contributed by atoms with van der Waals surface area (Å²) in [6, 6.07) is 0. The van der Waals surface area contributed by atoms with Crippen molar-refractivity contribution in [2.24, 2.45) is 0 Å². The topological polar surface area (TPSA) is 66.4 Å².